The first-order valence-electron chi connectivity index (χ1n) is 8.51. The summed E-state index contributed by atoms with van der Waals surface area (Å²) in [5, 5.41) is 8.06. The summed E-state index contributed by atoms with van der Waals surface area (Å²) in [6, 6.07) is 11.3. The Kier molecular flexibility index (Phi) is 4.33. The van der Waals surface area contributed by atoms with Crippen LogP contribution in [0.25, 0.3) is 22.2 Å². The van der Waals surface area contributed by atoms with Gasteiger partial charge in [0.2, 0.25) is 0 Å². The van der Waals surface area contributed by atoms with Crippen LogP contribution in [0.4, 0.5) is 0 Å². The fraction of sp³-hybridized carbons (Fsp3) is 0.150. The molecule has 4 aromatic rings. The highest BCUT2D eigenvalue weighted by Crippen LogP contribution is 2.21. The van der Waals surface area contributed by atoms with Gasteiger partial charge in [-0.1, -0.05) is 0 Å². The number of methoxy groups -OCH3 is 1. The van der Waals surface area contributed by atoms with E-state index >= 15 is 0 Å². The first-order chi connectivity index (χ1) is 13.1. The standard InChI is InChI=1S/C20H19N5O2/c1-25-12-15(11-23-25)17-7-13(5-6-21-17)10-22-20(26)19-8-14-3-4-16(27-2)9-18(14)24-19/h3-9,11-12,24H,10H2,1-2H3,(H,22,26). The van der Waals surface area contributed by atoms with Crippen molar-refractivity contribution in [3.63, 3.8) is 0 Å². The second-order valence-corrected chi connectivity index (χ2v) is 6.27. The number of aromatic nitrogens is 4. The number of fused-ring (bicyclic) bond motifs is 1. The van der Waals surface area contributed by atoms with Gasteiger partial charge in [-0.05, 0) is 35.9 Å². The van der Waals surface area contributed by atoms with Gasteiger partial charge in [-0.2, -0.15) is 5.10 Å². The monoisotopic (exact) mass is 361 g/mol. The van der Waals surface area contributed by atoms with E-state index in [1.165, 1.54) is 0 Å². The van der Waals surface area contributed by atoms with E-state index in [9.17, 15) is 4.79 Å². The number of nitrogens with zero attached hydrogens (tertiary/aromatic N) is 3. The normalized spacial score (nSPS) is 10.9. The van der Waals surface area contributed by atoms with Crippen molar-refractivity contribution in [2.45, 2.75) is 6.54 Å². The molecule has 0 aliphatic rings. The molecule has 2 N–H and O–H groups in total. The zero-order valence-electron chi connectivity index (χ0n) is 15.1. The van der Waals surface area contributed by atoms with E-state index in [0.717, 1.165) is 33.5 Å². The van der Waals surface area contributed by atoms with E-state index in [1.807, 2.05) is 49.6 Å². The molecule has 7 nitrogen and oxygen atoms in total. The summed E-state index contributed by atoms with van der Waals surface area (Å²) in [6.45, 7) is 0.410. The third kappa shape index (κ3) is 3.52. The highest BCUT2D eigenvalue weighted by Gasteiger charge is 2.10. The van der Waals surface area contributed by atoms with Crippen molar-refractivity contribution in [2.24, 2.45) is 7.05 Å². The van der Waals surface area contributed by atoms with Gasteiger partial charge in [-0.25, -0.2) is 0 Å². The number of aromatic amines is 1. The Labute approximate surface area is 156 Å². The van der Waals surface area contributed by atoms with Crippen LogP contribution in [0.15, 0.2) is 55.0 Å². The van der Waals surface area contributed by atoms with E-state index < -0.39 is 0 Å². The van der Waals surface area contributed by atoms with Crippen LogP contribution in [-0.2, 0) is 13.6 Å². The Morgan fingerprint density at radius 2 is 2.15 bits per heavy atom. The van der Waals surface area contributed by atoms with Gasteiger partial charge < -0.3 is 15.0 Å². The lowest BCUT2D eigenvalue weighted by molar-refractivity contribution is 0.0946. The van der Waals surface area contributed by atoms with Gasteiger partial charge in [-0.3, -0.25) is 14.5 Å². The van der Waals surface area contributed by atoms with Gasteiger partial charge in [0.05, 0.1) is 19.0 Å². The molecule has 0 bridgehead atoms. The number of rotatable bonds is 5. The van der Waals surface area contributed by atoms with E-state index in [4.69, 9.17) is 4.74 Å². The molecule has 0 fully saturated rings. The van der Waals surface area contributed by atoms with Crippen LogP contribution in [0.1, 0.15) is 16.1 Å². The third-order valence-electron chi connectivity index (χ3n) is 4.35. The van der Waals surface area contributed by atoms with E-state index in [0.29, 0.717) is 12.2 Å². The van der Waals surface area contributed by atoms with Gasteiger partial charge in [0.15, 0.2) is 0 Å². The number of hydrogen-bond donors (Lipinski definition) is 2. The minimum atomic E-state index is -0.162. The molecular weight excluding hydrogens is 342 g/mol. The van der Waals surface area contributed by atoms with Crippen molar-refractivity contribution in [3.8, 4) is 17.0 Å². The maximum absolute atomic E-state index is 12.5. The van der Waals surface area contributed by atoms with Gasteiger partial charge >= 0.3 is 0 Å². The molecule has 4 rings (SSSR count). The van der Waals surface area contributed by atoms with Crippen LogP contribution >= 0.6 is 0 Å². The van der Waals surface area contributed by atoms with Crippen molar-refractivity contribution >= 4 is 16.8 Å². The molecule has 136 valence electrons. The topological polar surface area (TPSA) is 84.8 Å². The quantitative estimate of drug-likeness (QED) is 0.572. The zero-order chi connectivity index (χ0) is 18.8. The molecule has 0 spiro atoms. The molecule has 0 saturated carbocycles. The molecule has 27 heavy (non-hydrogen) atoms. The Balaban J connectivity index is 1.48. The number of pyridine rings is 1. The van der Waals surface area contributed by atoms with Crippen LogP contribution in [0.3, 0.4) is 0 Å². The molecule has 3 aromatic heterocycles. The summed E-state index contributed by atoms with van der Waals surface area (Å²) < 4.78 is 6.95. The molecule has 1 amide bonds. The molecule has 0 saturated heterocycles. The lowest BCUT2D eigenvalue weighted by Crippen LogP contribution is -2.23. The molecule has 0 aliphatic heterocycles. The lowest BCUT2D eigenvalue weighted by atomic mass is 10.1. The summed E-state index contributed by atoms with van der Waals surface area (Å²) in [4.78, 5) is 20.0. The highest BCUT2D eigenvalue weighted by atomic mass is 16.5. The van der Waals surface area contributed by atoms with E-state index in [1.54, 1.807) is 24.2 Å². The van der Waals surface area contributed by atoms with Crippen molar-refractivity contribution in [1.29, 1.82) is 0 Å². The first-order valence-corrected chi connectivity index (χ1v) is 8.51. The van der Waals surface area contributed by atoms with E-state index in [2.05, 4.69) is 20.4 Å². The summed E-state index contributed by atoms with van der Waals surface area (Å²) in [6.07, 6.45) is 5.41. The molecule has 1 aromatic carbocycles. The maximum Gasteiger partial charge on any atom is 0.267 e. The highest BCUT2D eigenvalue weighted by molar-refractivity contribution is 5.98. The predicted octanol–water partition coefficient (Wildman–Crippen LogP) is 2.90. The largest absolute Gasteiger partial charge is 0.497 e. The average Bonchev–Trinajstić information content (AvgIpc) is 3.31. The van der Waals surface area contributed by atoms with Gasteiger partial charge in [0.25, 0.3) is 5.91 Å². The second kappa shape index (κ2) is 6.95. The van der Waals surface area contributed by atoms with E-state index in [-0.39, 0.29) is 5.91 Å². The fourth-order valence-corrected chi connectivity index (χ4v) is 2.93. The number of carbonyl (C=O) groups excluding carboxylic acids is 1. The van der Waals surface area contributed by atoms with Gasteiger partial charge in [-0.15, -0.1) is 0 Å². The lowest BCUT2D eigenvalue weighted by Gasteiger charge is -2.05. The maximum atomic E-state index is 12.5. The molecule has 7 heteroatoms. The summed E-state index contributed by atoms with van der Waals surface area (Å²) in [5.74, 6) is 0.584. The number of H-pyrrole nitrogens is 1. The minimum Gasteiger partial charge on any atom is -0.497 e. The summed E-state index contributed by atoms with van der Waals surface area (Å²) >= 11 is 0. The number of amides is 1. The number of carbonyl (C=O) groups is 1. The fourth-order valence-electron chi connectivity index (χ4n) is 2.93. The molecular formula is C20H19N5O2. The Bertz CT molecular complexity index is 1110. The van der Waals surface area contributed by atoms with Crippen molar-refractivity contribution in [2.75, 3.05) is 7.11 Å². The van der Waals surface area contributed by atoms with Gasteiger partial charge in [0, 0.05) is 48.5 Å². The number of nitrogens with one attached hydrogen (secondary N) is 2. The average molecular weight is 361 g/mol. The molecule has 0 aliphatic carbocycles. The Hall–Kier alpha value is -3.61. The second-order valence-electron chi connectivity index (χ2n) is 6.27. The van der Waals surface area contributed by atoms with Crippen LogP contribution < -0.4 is 10.1 Å². The molecule has 3 heterocycles. The zero-order valence-corrected chi connectivity index (χ0v) is 15.1. The SMILES string of the molecule is COc1ccc2cc(C(=O)NCc3ccnc(-c4cnn(C)c4)c3)[nH]c2c1. The Morgan fingerprint density at radius 3 is 2.93 bits per heavy atom. The number of benzene rings is 1. The van der Waals surface area contributed by atoms with Crippen molar-refractivity contribution < 1.29 is 9.53 Å². The molecule has 0 atom stereocenters. The number of aryl methyl sites for hydroxylation is 1. The Morgan fingerprint density at radius 1 is 1.26 bits per heavy atom. The van der Waals surface area contributed by atoms with Crippen LogP contribution in [0.2, 0.25) is 0 Å². The predicted molar refractivity (Wildman–Crippen MR) is 102 cm³/mol. The number of ether oxygens (including phenoxy) is 1. The minimum absolute atomic E-state index is 0.162. The van der Waals surface area contributed by atoms with Crippen LogP contribution in [0.5, 0.6) is 5.75 Å². The van der Waals surface area contributed by atoms with Gasteiger partial charge in [0.1, 0.15) is 11.4 Å². The summed E-state index contributed by atoms with van der Waals surface area (Å²) in [5.41, 5.74) is 4.11. The van der Waals surface area contributed by atoms with Crippen molar-refractivity contribution in [3.05, 3.63) is 66.2 Å². The first kappa shape index (κ1) is 16.8. The smallest absolute Gasteiger partial charge is 0.267 e. The molecule has 0 radical (unpaired) electrons. The summed E-state index contributed by atoms with van der Waals surface area (Å²) in [7, 11) is 3.48. The third-order valence-corrected chi connectivity index (χ3v) is 4.35. The van der Waals surface area contributed by atoms with Crippen LogP contribution in [0, 0.1) is 0 Å². The van der Waals surface area contributed by atoms with Crippen molar-refractivity contribution in [1.82, 2.24) is 25.1 Å². The van der Waals surface area contributed by atoms with Crippen LogP contribution in [-0.4, -0.2) is 32.8 Å². The molecule has 0 unspecified atom stereocenters. The number of hydrogen-bond acceptors (Lipinski definition) is 4.